The molecule has 3 rings (SSSR count). The van der Waals surface area contributed by atoms with Crippen molar-refractivity contribution in [1.82, 2.24) is 15.8 Å². The minimum Gasteiger partial charge on any atom is -0.489 e. The molecule has 1 heterocycles. The highest BCUT2D eigenvalue weighted by atomic mass is 35.5. The van der Waals surface area contributed by atoms with Crippen LogP contribution in [0.2, 0.25) is 10.0 Å². The maximum Gasteiger partial charge on any atom is 0.276 e. The van der Waals surface area contributed by atoms with Crippen molar-refractivity contribution >= 4 is 41.0 Å². The van der Waals surface area contributed by atoms with Crippen molar-refractivity contribution in [3.05, 3.63) is 88.2 Å². The van der Waals surface area contributed by atoms with Gasteiger partial charge < -0.3 is 4.74 Å². The molecule has 2 aromatic carbocycles. The molecule has 2 N–H and O–H groups in total. The number of aromatic nitrogens is 1. The third-order valence-electron chi connectivity index (χ3n) is 3.83. The van der Waals surface area contributed by atoms with E-state index >= 15 is 0 Å². The van der Waals surface area contributed by atoms with E-state index in [4.69, 9.17) is 27.9 Å². The van der Waals surface area contributed by atoms with Crippen LogP contribution in [-0.2, 0) is 17.9 Å². The fraction of sp³-hybridized carbons (Fsp3) is 0.0952. The van der Waals surface area contributed by atoms with Gasteiger partial charge in [0, 0.05) is 30.6 Å². The fourth-order valence-corrected chi connectivity index (χ4v) is 2.88. The number of benzene rings is 2. The lowest BCUT2D eigenvalue weighted by Gasteiger charge is -2.08. The SMILES string of the molecule is O=C(C=Nc1cccc(OCc2ccccc2)c1)NNCc1c(Cl)cncc1Cl. The minimum absolute atomic E-state index is 0.253. The highest BCUT2D eigenvalue weighted by molar-refractivity contribution is 6.35. The predicted octanol–water partition coefficient (Wildman–Crippen LogP) is 4.49. The molecule has 0 aliphatic carbocycles. The van der Waals surface area contributed by atoms with E-state index in [0.29, 0.717) is 33.7 Å². The number of ether oxygens (including phenoxy) is 1. The average molecular weight is 429 g/mol. The zero-order valence-corrected chi connectivity index (χ0v) is 16.8. The molecule has 6 nitrogen and oxygen atoms in total. The second-order valence-corrected chi connectivity index (χ2v) is 6.77. The molecule has 0 aliphatic rings. The summed E-state index contributed by atoms with van der Waals surface area (Å²) >= 11 is 12.1. The lowest BCUT2D eigenvalue weighted by Crippen LogP contribution is -2.37. The molecule has 0 fully saturated rings. The van der Waals surface area contributed by atoms with Gasteiger partial charge in [-0.2, -0.15) is 0 Å². The Morgan fingerprint density at radius 2 is 1.83 bits per heavy atom. The number of aliphatic imine (C=N–C) groups is 1. The Balaban J connectivity index is 1.49. The molecule has 0 atom stereocenters. The van der Waals surface area contributed by atoms with Crippen LogP contribution in [0.5, 0.6) is 5.75 Å². The summed E-state index contributed by atoms with van der Waals surface area (Å²) in [4.78, 5) is 20.0. The Morgan fingerprint density at radius 3 is 2.59 bits per heavy atom. The Hall–Kier alpha value is -2.93. The summed E-state index contributed by atoms with van der Waals surface area (Å²) in [5.74, 6) is 0.255. The van der Waals surface area contributed by atoms with Crippen LogP contribution in [-0.4, -0.2) is 17.1 Å². The van der Waals surface area contributed by atoms with Crippen molar-refractivity contribution < 1.29 is 9.53 Å². The maximum absolute atomic E-state index is 11.9. The summed E-state index contributed by atoms with van der Waals surface area (Å²) in [6, 6.07) is 17.1. The first-order valence-electron chi connectivity index (χ1n) is 8.73. The van der Waals surface area contributed by atoms with E-state index in [2.05, 4.69) is 20.8 Å². The number of hydrazine groups is 1. The summed E-state index contributed by atoms with van der Waals surface area (Å²) in [5, 5.41) is 0.834. The van der Waals surface area contributed by atoms with Crippen LogP contribution in [0.1, 0.15) is 11.1 Å². The Labute approximate surface area is 178 Å². The van der Waals surface area contributed by atoms with E-state index in [1.54, 1.807) is 12.1 Å². The van der Waals surface area contributed by atoms with Gasteiger partial charge in [0.25, 0.3) is 5.91 Å². The lowest BCUT2D eigenvalue weighted by atomic mass is 10.2. The highest BCUT2D eigenvalue weighted by Gasteiger charge is 2.06. The Bertz CT molecular complexity index is 977. The van der Waals surface area contributed by atoms with Crippen LogP contribution in [0, 0.1) is 0 Å². The van der Waals surface area contributed by atoms with E-state index < -0.39 is 5.91 Å². The van der Waals surface area contributed by atoms with Crippen molar-refractivity contribution in [2.45, 2.75) is 13.2 Å². The summed E-state index contributed by atoms with van der Waals surface area (Å²) < 4.78 is 5.76. The van der Waals surface area contributed by atoms with E-state index in [0.717, 1.165) is 5.56 Å². The van der Waals surface area contributed by atoms with Crippen LogP contribution in [0.15, 0.2) is 72.0 Å². The molecule has 3 aromatic rings. The van der Waals surface area contributed by atoms with Crippen LogP contribution in [0.25, 0.3) is 0 Å². The summed E-state index contributed by atoms with van der Waals surface area (Å²) in [6.07, 6.45) is 4.15. The molecule has 29 heavy (non-hydrogen) atoms. The first kappa shape index (κ1) is 20.8. The molecule has 0 radical (unpaired) electrons. The number of nitrogens with zero attached hydrogens (tertiary/aromatic N) is 2. The molecule has 1 aromatic heterocycles. The van der Waals surface area contributed by atoms with Crippen LogP contribution in [0.4, 0.5) is 5.69 Å². The molecule has 0 spiro atoms. The number of hydrogen-bond donors (Lipinski definition) is 2. The maximum atomic E-state index is 11.9. The van der Waals surface area contributed by atoms with Gasteiger partial charge in [-0.15, -0.1) is 0 Å². The second kappa shape index (κ2) is 10.6. The van der Waals surface area contributed by atoms with Crippen molar-refractivity contribution in [2.24, 2.45) is 4.99 Å². The molecule has 148 valence electrons. The van der Waals surface area contributed by atoms with Gasteiger partial charge in [0.2, 0.25) is 0 Å². The summed E-state index contributed by atoms with van der Waals surface area (Å²) in [5.41, 5.74) is 7.58. The fourth-order valence-electron chi connectivity index (χ4n) is 2.39. The topological polar surface area (TPSA) is 75.6 Å². The van der Waals surface area contributed by atoms with Gasteiger partial charge in [-0.3, -0.25) is 20.2 Å². The number of hydrogen-bond acceptors (Lipinski definition) is 5. The first-order valence-corrected chi connectivity index (χ1v) is 9.49. The number of carbonyl (C=O) groups is 1. The third kappa shape index (κ3) is 6.57. The largest absolute Gasteiger partial charge is 0.489 e. The van der Waals surface area contributed by atoms with Gasteiger partial charge in [-0.25, -0.2) is 5.43 Å². The lowest BCUT2D eigenvalue weighted by molar-refractivity contribution is -0.115. The molecule has 1 amide bonds. The van der Waals surface area contributed by atoms with Crippen molar-refractivity contribution in [1.29, 1.82) is 0 Å². The van der Waals surface area contributed by atoms with Crippen LogP contribution in [0.3, 0.4) is 0 Å². The zero-order chi connectivity index (χ0) is 20.5. The van der Waals surface area contributed by atoms with Crippen molar-refractivity contribution in [3.63, 3.8) is 0 Å². The molecule has 0 saturated carbocycles. The number of carbonyl (C=O) groups excluding carboxylic acids is 1. The monoisotopic (exact) mass is 428 g/mol. The molecular formula is C21H18Cl2N4O2. The number of nitrogens with one attached hydrogen (secondary N) is 2. The summed E-state index contributed by atoms with van der Waals surface area (Å²) in [6.45, 7) is 0.709. The molecule has 0 unspecified atom stereocenters. The van der Waals surface area contributed by atoms with Crippen LogP contribution >= 0.6 is 23.2 Å². The zero-order valence-electron chi connectivity index (χ0n) is 15.3. The van der Waals surface area contributed by atoms with Gasteiger partial charge >= 0.3 is 0 Å². The molecule has 0 bridgehead atoms. The molecular weight excluding hydrogens is 411 g/mol. The number of rotatable bonds is 8. The molecule has 0 aliphatic heterocycles. The third-order valence-corrected chi connectivity index (χ3v) is 4.48. The Morgan fingerprint density at radius 1 is 1.07 bits per heavy atom. The van der Waals surface area contributed by atoms with Gasteiger partial charge in [-0.05, 0) is 17.7 Å². The second-order valence-electron chi connectivity index (χ2n) is 5.95. The average Bonchev–Trinajstić information content (AvgIpc) is 2.74. The standard InChI is InChI=1S/C21H18Cl2N4O2/c22-19-11-24-12-20(23)18(19)10-26-27-21(28)13-25-16-7-4-8-17(9-16)29-14-15-5-2-1-3-6-15/h1-9,11-13,26H,10,14H2,(H,27,28). The summed E-state index contributed by atoms with van der Waals surface area (Å²) in [7, 11) is 0. The first-order chi connectivity index (χ1) is 14.1. The van der Waals surface area contributed by atoms with E-state index in [1.807, 2.05) is 42.5 Å². The number of amides is 1. The minimum atomic E-state index is -0.415. The van der Waals surface area contributed by atoms with Gasteiger partial charge in [-0.1, -0.05) is 59.6 Å². The highest BCUT2D eigenvalue weighted by Crippen LogP contribution is 2.22. The molecule has 0 saturated heterocycles. The van der Waals surface area contributed by atoms with Crippen molar-refractivity contribution in [2.75, 3.05) is 0 Å². The quantitative estimate of drug-likeness (QED) is 0.409. The van der Waals surface area contributed by atoms with E-state index in [1.165, 1.54) is 18.6 Å². The Kier molecular flexibility index (Phi) is 7.58. The van der Waals surface area contributed by atoms with Crippen LogP contribution < -0.4 is 15.6 Å². The number of pyridine rings is 1. The van der Waals surface area contributed by atoms with Gasteiger partial charge in [0.15, 0.2) is 0 Å². The molecule has 8 heteroatoms. The smallest absolute Gasteiger partial charge is 0.276 e. The van der Waals surface area contributed by atoms with Gasteiger partial charge in [0.05, 0.1) is 21.9 Å². The van der Waals surface area contributed by atoms with E-state index in [-0.39, 0.29) is 6.54 Å². The van der Waals surface area contributed by atoms with E-state index in [9.17, 15) is 4.79 Å². The van der Waals surface area contributed by atoms with Crippen molar-refractivity contribution in [3.8, 4) is 5.75 Å². The normalized spacial score (nSPS) is 10.8. The predicted molar refractivity (Wildman–Crippen MR) is 115 cm³/mol. The van der Waals surface area contributed by atoms with Gasteiger partial charge in [0.1, 0.15) is 12.4 Å². The number of halogens is 2.